The number of benzene rings is 1. The summed E-state index contributed by atoms with van der Waals surface area (Å²) in [6.45, 7) is 2.19. The highest BCUT2D eigenvalue weighted by atomic mass is 35.5. The quantitative estimate of drug-likeness (QED) is 0.675. The van der Waals surface area contributed by atoms with Crippen LogP contribution >= 0.6 is 11.6 Å². The molecule has 0 fully saturated rings. The van der Waals surface area contributed by atoms with E-state index in [1.165, 1.54) is 5.56 Å². The molecule has 0 radical (unpaired) electrons. The number of hydrogen-bond acceptors (Lipinski definition) is 1. The second kappa shape index (κ2) is 3.32. The summed E-state index contributed by atoms with van der Waals surface area (Å²) < 4.78 is 0. The molecular formula is C11H13ClO. The molecule has 0 saturated carbocycles. The lowest BCUT2D eigenvalue weighted by Crippen LogP contribution is -2.11. The molecule has 1 aromatic carbocycles. The second-order valence-corrected chi connectivity index (χ2v) is 4.20. The highest BCUT2D eigenvalue weighted by molar-refractivity contribution is 6.30. The van der Waals surface area contributed by atoms with E-state index in [1.54, 1.807) is 0 Å². The number of halogens is 1. The number of rotatable bonds is 0. The summed E-state index contributed by atoms with van der Waals surface area (Å²) in [4.78, 5) is 0. The van der Waals surface area contributed by atoms with E-state index in [2.05, 4.69) is 6.92 Å². The highest BCUT2D eigenvalue weighted by Crippen LogP contribution is 2.38. The first-order valence-corrected chi connectivity index (χ1v) is 5.03. The molecule has 0 bridgehead atoms. The van der Waals surface area contributed by atoms with Crippen LogP contribution in [0.5, 0.6) is 0 Å². The van der Waals surface area contributed by atoms with Gasteiger partial charge in [0.15, 0.2) is 0 Å². The van der Waals surface area contributed by atoms with Crippen molar-refractivity contribution in [3.05, 3.63) is 34.3 Å². The molecule has 1 N–H and O–H groups in total. The molecule has 2 atom stereocenters. The third kappa shape index (κ3) is 1.59. The van der Waals surface area contributed by atoms with Gasteiger partial charge in [0, 0.05) is 5.02 Å². The van der Waals surface area contributed by atoms with Crippen LogP contribution in [0.15, 0.2) is 18.2 Å². The predicted molar refractivity (Wildman–Crippen MR) is 54.1 cm³/mol. The fourth-order valence-corrected chi connectivity index (χ4v) is 2.18. The zero-order valence-electron chi connectivity index (χ0n) is 7.63. The first-order chi connectivity index (χ1) is 6.18. The maximum Gasteiger partial charge on any atom is 0.0793 e. The number of aliphatic hydroxyl groups excluding tert-OH is 1. The van der Waals surface area contributed by atoms with E-state index in [1.807, 2.05) is 18.2 Å². The van der Waals surface area contributed by atoms with Gasteiger partial charge in [0.05, 0.1) is 6.10 Å². The van der Waals surface area contributed by atoms with Crippen molar-refractivity contribution in [1.82, 2.24) is 0 Å². The Balaban J connectivity index is 2.50. The fourth-order valence-electron chi connectivity index (χ4n) is 2.00. The molecule has 2 rings (SSSR count). The molecule has 1 aliphatic carbocycles. The van der Waals surface area contributed by atoms with Gasteiger partial charge in [0.25, 0.3) is 0 Å². The smallest absolute Gasteiger partial charge is 0.0793 e. The van der Waals surface area contributed by atoms with Crippen LogP contribution in [0.4, 0.5) is 0 Å². The van der Waals surface area contributed by atoms with Crippen molar-refractivity contribution in [2.24, 2.45) is 0 Å². The fraction of sp³-hybridized carbons (Fsp3) is 0.455. The Labute approximate surface area is 83.3 Å². The molecule has 70 valence electrons. The summed E-state index contributed by atoms with van der Waals surface area (Å²) in [5.41, 5.74) is 2.27. The average Bonchev–Trinajstić information content (AvgIpc) is 2.12. The molecule has 13 heavy (non-hydrogen) atoms. The Morgan fingerprint density at radius 1 is 1.31 bits per heavy atom. The highest BCUT2D eigenvalue weighted by Gasteiger charge is 2.22. The lowest BCUT2D eigenvalue weighted by molar-refractivity contribution is 0.151. The molecule has 0 spiro atoms. The molecule has 2 heteroatoms. The zero-order chi connectivity index (χ0) is 9.42. The number of fused-ring (bicyclic) bond motifs is 1. The average molecular weight is 197 g/mol. The molecule has 0 aliphatic heterocycles. The van der Waals surface area contributed by atoms with Gasteiger partial charge in [0.2, 0.25) is 0 Å². The van der Waals surface area contributed by atoms with Gasteiger partial charge in [0.1, 0.15) is 0 Å². The first kappa shape index (κ1) is 9.04. The van der Waals surface area contributed by atoms with Gasteiger partial charge in [-0.3, -0.25) is 0 Å². The maximum atomic E-state index is 9.74. The van der Waals surface area contributed by atoms with Gasteiger partial charge in [-0.1, -0.05) is 24.6 Å². The minimum atomic E-state index is -0.315. The molecule has 0 amide bonds. The van der Waals surface area contributed by atoms with Crippen LogP contribution in [-0.4, -0.2) is 5.11 Å². The zero-order valence-corrected chi connectivity index (χ0v) is 8.38. The van der Waals surface area contributed by atoms with Crippen LogP contribution in [0.3, 0.4) is 0 Å². The molecule has 1 aliphatic rings. The van der Waals surface area contributed by atoms with E-state index in [-0.39, 0.29) is 6.10 Å². The molecule has 0 heterocycles. The van der Waals surface area contributed by atoms with E-state index in [9.17, 15) is 5.11 Å². The predicted octanol–water partition coefficient (Wildman–Crippen LogP) is 3.27. The van der Waals surface area contributed by atoms with Crippen molar-refractivity contribution in [2.45, 2.75) is 31.8 Å². The molecule has 1 unspecified atom stereocenters. The summed E-state index contributed by atoms with van der Waals surface area (Å²) in [5.74, 6) is 0.552. The van der Waals surface area contributed by atoms with E-state index in [0.717, 1.165) is 18.4 Å². The largest absolute Gasteiger partial charge is 0.388 e. The maximum absolute atomic E-state index is 9.74. The lowest BCUT2D eigenvalue weighted by Gasteiger charge is -2.26. The van der Waals surface area contributed by atoms with Gasteiger partial charge >= 0.3 is 0 Å². The lowest BCUT2D eigenvalue weighted by atomic mass is 9.82. The van der Waals surface area contributed by atoms with Crippen molar-refractivity contribution in [3.63, 3.8) is 0 Å². The summed E-state index contributed by atoms with van der Waals surface area (Å²) in [5, 5.41) is 10.5. The Bertz CT molecular complexity index is 322. The SMILES string of the molecule is CC1CC[C@@H](O)c2cc(Cl)ccc21. The van der Waals surface area contributed by atoms with Crippen molar-refractivity contribution in [1.29, 1.82) is 0 Å². The van der Waals surface area contributed by atoms with Crippen molar-refractivity contribution < 1.29 is 5.11 Å². The Hall–Kier alpha value is -0.530. The molecule has 0 saturated heterocycles. The van der Waals surface area contributed by atoms with E-state index in [4.69, 9.17) is 11.6 Å². The summed E-state index contributed by atoms with van der Waals surface area (Å²) in [7, 11) is 0. The van der Waals surface area contributed by atoms with Crippen LogP contribution < -0.4 is 0 Å². The Kier molecular flexibility index (Phi) is 2.31. The standard InChI is InChI=1S/C11H13ClO/c1-7-2-5-11(13)10-6-8(12)3-4-9(7)10/h3-4,6-7,11,13H,2,5H2,1H3/t7?,11-/m1/s1. The number of hydrogen-bond donors (Lipinski definition) is 1. The van der Waals surface area contributed by atoms with Crippen LogP contribution in [-0.2, 0) is 0 Å². The molecule has 0 aromatic heterocycles. The number of aliphatic hydroxyl groups is 1. The van der Waals surface area contributed by atoms with Crippen LogP contribution in [0.25, 0.3) is 0 Å². The van der Waals surface area contributed by atoms with Crippen LogP contribution in [0.2, 0.25) is 5.02 Å². The van der Waals surface area contributed by atoms with Gasteiger partial charge < -0.3 is 5.11 Å². The van der Waals surface area contributed by atoms with Crippen molar-refractivity contribution in [2.75, 3.05) is 0 Å². The summed E-state index contributed by atoms with van der Waals surface area (Å²) in [6.07, 6.45) is 1.61. The van der Waals surface area contributed by atoms with Crippen LogP contribution in [0, 0.1) is 0 Å². The topological polar surface area (TPSA) is 20.2 Å². The third-order valence-corrected chi connectivity index (χ3v) is 3.05. The first-order valence-electron chi connectivity index (χ1n) is 4.66. The van der Waals surface area contributed by atoms with Gasteiger partial charge in [-0.25, -0.2) is 0 Å². The monoisotopic (exact) mass is 196 g/mol. The summed E-state index contributed by atoms with van der Waals surface area (Å²) >= 11 is 5.88. The normalized spacial score (nSPS) is 27.0. The van der Waals surface area contributed by atoms with Crippen LogP contribution in [0.1, 0.15) is 42.9 Å². The van der Waals surface area contributed by atoms with Crippen molar-refractivity contribution in [3.8, 4) is 0 Å². The van der Waals surface area contributed by atoms with E-state index >= 15 is 0 Å². The molecule has 1 aromatic rings. The Morgan fingerprint density at radius 3 is 2.85 bits per heavy atom. The van der Waals surface area contributed by atoms with E-state index in [0.29, 0.717) is 10.9 Å². The van der Waals surface area contributed by atoms with E-state index < -0.39 is 0 Å². The summed E-state index contributed by atoms with van der Waals surface area (Å²) in [6, 6.07) is 5.82. The minimum absolute atomic E-state index is 0.315. The van der Waals surface area contributed by atoms with Gasteiger partial charge in [-0.2, -0.15) is 0 Å². The van der Waals surface area contributed by atoms with Gasteiger partial charge in [-0.05, 0) is 42.0 Å². The van der Waals surface area contributed by atoms with Gasteiger partial charge in [-0.15, -0.1) is 0 Å². The molecular weight excluding hydrogens is 184 g/mol. The minimum Gasteiger partial charge on any atom is -0.388 e. The Morgan fingerprint density at radius 2 is 2.08 bits per heavy atom. The second-order valence-electron chi connectivity index (χ2n) is 3.77. The van der Waals surface area contributed by atoms with Crippen molar-refractivity contribution >= 4 is 11.6 Å². The third-order valence-electron chi connectivity index (χ3n) is 2.81. The molecule has 1 nitrogen and oxygen atoms in total.